The van der Waals surface area contributed by atoms with Gasteiger partial charge in [0.1, 0.15) is 12.4 Å². The second-order valence-electron chi connectivity index (χ2n) is 3.40. The topological polar surface area (TPSA) is 63.2 Å². The Kier molecular flexibility index (Phi) is 5.81. The van der Waals surface area contributed by atoms with Gasteiger partial charge in [0.05, 0.1) is 7.05 Å². The van der Waals surface area contributed by atoms with Gasteiger partial charge in [-0.05, 0) is 0 Å². The third kappa shape index (κ3) is 7.27. The van der Waals surface area contributed by atoms with Gasteiger partial charge in [-0.15, -0.1) is 0 Å². The third-order valence-corrected chi connectivity index (χ3v) is 3.08. The molecule has 1 rings (SSSR count). The molecule has 106 valence electrons. The van der Waals surface area contributed by atoms with Crippen molar-refractivity contribution in [3.8, 4) is 0 Å². The number of nitrogens with zero attached hydrogens (tertiary/aromatic N) is 2. The van der Waals surface area contributed by atoms with E-state index in [1.165, 1.54) is 4.57 Å². The Hall–Kier alpha value is -1.10. The highest BCUT2D eigenvalue weighted by molar-refractivity contribution is 7.85. The first kappa shape index (κ1) is 16.9. The van der Waals surface area contributed by atoms with E-state index in [-0.39, 0.29) is 0 Å². The number of hydrogen-bond acceptors (Lipinski definition) is 2. The second-order valence-corrected chi connectivity index (χ2v) is 4.97. The number of halogens is 4. The Morgan fingerprint density at radius 3 is 2.06 bits per heavy atom. The molecule has 0 radical (unpaired) electrons. The fourth-order valence-electron chi connectivity index (χ4n) is 1.22. The first-order chi connectivity index (χ1) is 7.95. The Morgan fingerprint density at radius 1 is 1.39 bits per heavy atom. The minimum absolute atomic E-state index is 0.341. The van der Waals surface area contributed by atoms with Crippen molar-refractivity contribution in [1.29, 1.82) is 0 Å². The second kappa shape index (κ2) is 6.18. The summed E-state index contributed by atoms with van der Waals surface area (Å²) >= 11 is 0. The smallest absolute Gasteiger partial charge is 0.418 e. The van der Waals surface area contributed by atoms with Crippen molar-refractivity contribution in [3.05, 3.63) is 18.7 Å². The number of rotatable bonds is 3. The number of imidazole rings is 1. The molecule has 0 aliphatic rings. The van der Waals surface area contributed by atoms with Crippen LogP contribution in [-0.2, 0) is 17.2 Å². The SMILES string of the molecule is CCC([n+]1ccn(C)c1)S(=O)(=O)O.F[B-](F)(F)F. The van der Waals surface area contributed by atoms with Crippen LogP contribution in [0.5, 0.6) is 0 Å². The first-order valence-corrected chi connectivity index (χ1v) is 6.31. The monoisotopic (exact) mass is 292 g/mol. The van der Waals surface area contributed by atoms with Gasteiger partial charge in [-0.25, -0.2) is 9.13 Å². The van der Waals surface area contributed by atoms with Crippen molar-refractivity contribution in [1.82, 2.24) is 4.57 Å². The standard InChI is InChI=1S/C7H12N2O3S.BF4/c1-3-7(13(10,11)12)9-5-4-8(2)6-9;2-1(3,4)5/h4-7H,3H2,1-2H3;/q;-1/p+1. The molecule has 1 unspecified atom stereocenters. The van der Waals surface area contributed by atoms with Crippen LogP contribution < -0.4 is 4.57 Å². The van der Waals surface area contributed by atoms with Gasteiger partial charge in [0.15, 0.2) is 0 Å². The third-order valence-electron chi connectivity index (χ3n) is 1.82. The highest BCUT2D eigenvalue weighted by Gasteiger charge is 2.27. The summed E-state index contributed by atoms with van der Waals surface area (Å²) in [6.07, 6.45) is 5.28. The van der Waals surface area contributed by atoms with E-state index >= 15 is 0 Å². The van der Waals surface area contributed by atoms with Crippen molar-refractivity contribution in [2.45, 2.75) is 18.7 Å². The molecule has 0 aromatic carbocycles. The average Bonchev–Trinajstić information content (AvgIpc) is 2.47. The Balaban J connectivity index is 0.000000494. The van der Waals surface area contributed by atoms with Gasteiger partial charge in [0, 0.05) is 6.42 Å². The van der Waals surface area contributed by atoms with Gasteiger partial charge in [0.25, 0.3) is 0 Å². The quantitative estimate of drug-likeness (QED) is 0.396. The zero-order chi connectivity index (χ0) is 14.6. The molecular formula is C7H13BF4N2O3S. The van der Waals surface area contributed by atoms with Crippen molar-refractivity contribution in [3.63, 3.8) is 0 Å². The molecule has 1 heterocycles. The molecule has 0 saturated heterocycles. The Labute approximate surface area is 102 Å². The summed E-state index contributed by atoms with van der Waals surface area (Å²) in [5.41, 5.74) is 0. The van der Waals surface area contributed by atoms with Gasteiger partial charge in [-0.3, -0.25) is 4.55 Å². The van der Waals surface area contributed by atoms with Crippen molar-refractivity contribution < 1.29 is 34.8 Å². The number of hydrogen-bond donors (Lipinski definition) is 1. The van der Waals surface area contributed by atoms with E-state index in [9.17, 15) is 25.7 Å². The lowest BCUT2D eigenvalue weighted by Crippen LogP contribution is -2.41. The summed E-state index contributed by atoms with van der Waals surface area (Å²) in [4.78, 5) is 0. The fraction of sp³-hybridized carbons (Fsp3) is 0.571. The van der Waals surface area contributed by atoms with Crippen LogP contribution in [0.1, 0.15) is 18.7 Å². The number of aromatic nitrogens is 2. The molecule has 1 aromatic rings. The van der Waals surface area contributed by atoms with E-state index in [2.05, 4.69) is 0 Å². The first-order valence-electron chi connectivity index (χ1n) is 4.81. The van der Waals surface area contributed by atoms with Gasteiger partial charge >= 0.3 is 17.4 Å². The minimum Gasteiger partial charge on any atom is -0.418 e. The van der Waals surface area contributed by atoms with Crippen molar-refractivity contribution in [2.24, 2.45) is 7.05 Å². The maximum Gasteiger partial charge on any atom is 0.673 e. The van der Waals surface area contributed by atoms with E-state index in [1.807, 2.05) is 0 Å². The molecule has 0 spiro atoms. The predicted octanol–water partition coefficient (Wildman–Crippen LogP) is 1.41. The molecule has 0 amide bonds. The van der Waals surface area contributed by atoms with Gasteiger partial charge in [-0.2, -0.15) is 8.42 Å². The largest absolute Gasteiger partial charge is 0.673 e. The Bertz CT molecular complexity index is 467. The molecule has 5 nitrogen and oxygen atoms in total. The molecule has 0 fully saturated rings. The summed E-state index contributed by atoms with van der Waals surface area (Å²) in [6, 6.07) is 0. The highest BCUT2D eigenvalue weighted by atomic mass is 32.2. The summed E-state index contributed by atoms with van der Waals surface area (Å²) in [6.45, 7) is 1.71. The van der Waals surface area contributed by atoms with E-state index in [1.54, 1.807) is 37.3 Å². The van der Waals surface area contributed by atoms with Crippen LogP contribution in [0.15, 0.2) is 18.7 Å². The van der Waals surface area contributed by atoms with Crippen LogP contribution in [0.4, 0.5) is 17.3 Å². The van der Waals surface area contributed by atoms with E-state index in [4.69, 9.17) is 4.55 Å². The lowest BCUT2D eigenvalue weighted by molar-refractivity contribution is -0.701. The van der Waals surface area contributed by atoms with Gasteiger partial charge in [0.2, 0.25) is 11.7 Å². The lowest BCUT2D eigenvalue weighted by atomic mass is 10.3. The summed E-state index contributed by atoms with van der Waals surface area (Å²) < 4.78 is 72.9. The highest BCUT2D eigenvalue weighted by Crippen LogP contribution is 2.09. The molecule has 0 saturated carbocycles. The van der Waals surface area contributed by atoms with Crippen LogP contribution in [0, 0.1) is 0 Å². The normalized spacial score (nSPS) is 13.7. The average molecular weight is 292 g/mol. The molecule has 1 N–H and O–H groups in total. The van der Waals surface area contributed by atoms with E-state index < -0.39 is 22.7 Å². The van der Waals surface area contributed by atoms with Crippen LogP contribution in [0.2, 0.25) is 0 Å². The molecule has 0 aliphatic heterocycles. The maximum absolute atomic E-state index is 10.9. The summed E-state index contributed by atoms with van der Waals surface area (Å²) in [5, 5.41) is -0.881. The predicted molar refractivity (Wildman–Crippen MR) is 56.7 cm³/mol. The molecule has 1 aromatic heterocycles. The Morgan fingerprint density at radius 2 is 1.83 bits per heavy atom. The van der Waals surface area contributed by atoms with E-state index in [0.29, 0.717) is 6.42 Å². The van der Waals surface area contributed by atoms with E-state index in [0.717, 1.165) is 0 Å². The van der Waals surface area contributed by atoms with Crippen LogP contribution >= 0.6 is 0 Å². The van der Waals surface area contributed by atoms with Gasteiger partial charge in [-0.1, -0.05) is 6.92 Å². The molecule has 0 aliphatic carbocycles. The van der Waals surface area contributed by atoms with Crippen molar-refractivity contribution >= 4 is 17.4 Å². The van der Waals surface area contributed by atoms with Gasteiger partial charge < -0.3 is 17.3 Å². The van der Waals surface area contributed by atoms with Crippen LogP contribution in [0.25, 0.3) is 0 Å². The molecule has 11 heteroatoms. The summed E-state index contributed by atoms with van der Waals surface area (Å²) in [5.74, 6) is 0. The van der Waals surface area contributed by atoms with Crippen LogP contribution in [-0.4, -0.2) is 24.8 Å². The lowest BCUT2D eigenvalue weighted by Gasteiger charge is -2.06. The fourth-order valence-corrected chi connectivity index (χ4v) is 2.07. The zero-order valence-electron chi connectivity index (χ0n) is 9.67. The zero-order valence-corrected chi connectivity index (χ0v) is 10.5. The van der Waals surface area contributed by atoms with Crippen molar-refractivity contribution in [2.75, 3.05) is 0 Å². The maximum atomic E-state index is 10.9. The molecular weight excluding hydrogens is 279 g/mol. The minimum atomic E-state index is -6.00. The van der Waals surface area contributed by atoms with Crippen LogP contribution in [0.3, 0.4) is 0 Å². The molecule has 18 heavy (non-hydrogen) atoms. The number of aryl methyl sites for hydroxylation is 1. The molecule has 0 bridgehead atoms. The summed E-state index contributed by atoms with van der Waals surface area (Å²) in [7, 11) is -8.22. The molecule has 1 atom stereocenters.